The zero-order chi connectivity index (χ0) is 11.5. The molecular formula is C11H9BrN2O2. The van der Waals surface area contributed by atoms with Crippen molar-refractivity contribution in [2.45, 2.75) is 6.42 Å². The van der Waals surface area contributed by atoms with Gasteiger partial charge in [-0.15, -0.1) is 0 Å². The van der Waals surface area contributed by atoms with E-state index in [1.165, 1.54) is 0 Å². The van der Waals surface area contributed by atoms with Gasteiger partial charge in [0, 0.05) is 17.0 Å². The van der Waals surface area contributed by atoms with Gasteiger partial charge in [-0.3, -0.25) is 4.79 Å². The fourth-order valence-electron chi connectivity index (χ4n) is 1.32. The standard InChI is InChI=1S/C11H9BrN2O2/c12-8-3-1-7(2-4-8)5-9-6-10(11(13)15)14-16-9/h1-4,6H,5H2,(H2,13,15). The average Bonchev–Trinajstić information content (AvgIpc) is 2.70. The van der Waals surface area contributed by atoms with Crippen molar-refractivity contribution in [1.82, 2.24) is 5.16 Å². The van der Waals surface area contributed by atoms with E-state index in [0.717, 1.165) is 10.0 Å². The minimum Gasteiger partial charge on any atom is -0.364 e. The van der Waals surface area contributed by atoms with Gasteiger partial charge in [0.25, 0.3) is 5.91 Å². The normalized spacial score (nSPS) is 10.3. The van der Waals surface area contributed by atoms with E-state index in [9.17, 15) is 4.79 Å². The number of carbonyl (C=O) groups is 1. The van der Waals surface area contributed by atoms with Crippen molar-refractivity contribution < 1.29 is 9.32 Å². The van der Waals surface area contributed by atoms with Crippen LogP contribution in [0.2, 0.25) is 0 Å². The Hall–Kier alpha value is -1.62. The zero-order valence-electron chi connectivity index (χ0n) is 8.31. The molecule has 1 amide bonds. The third-order valence-corrected chi connectivity index (χ3v) is 2.63. The first kappa shape index (κ1) is 10.9. The van der Waals surface area contributed by atoms with Crippen LogP contribution in [0.5, 0.6) is 0 Å². The summed E-state index contributed by atoms with van der Waals surface area (Å²) < 4.78 is 6.02. The van der Waals surface area contributed by atoms with Crippen molar-refractivity contribution in [3.05, 3.63) is 51.8 Å². The lowest BCUT2D eigenvalue weighted by Gasteiger charge is -1.96. The third kappa shape index (κ3) is 2.49. The quantitative estimate of drug-likeness (QED) is 0.936. The number of amides is 1. The molecule has 1 aromatic heterocycles. The molecule has 0 aliphatic rings. The van der Waals surface area contributed by atoms with E-state index in [-0.39, 0.29) is 5.69 Å². The highest BCUT2D eigenvalue weighted by molar-refractivity contribution is 9.10. The summed E-state index contributed by atoms with van der Waals surface area (Å²) in [5, 5.41) is 3.57. The lowest BCUT2D eigenvalue weighted by atomic mass is 10.1. The molecule has 0 aliphatic carbocycles. The Morgan fingerprint density at radius 3 is 2.62 bits per heavy atom. The smallest absolute Gasteiger partial charge is 0.270 e. The van der Waals surface area contributed by atoms with Crippen LogP contribution in [0.3, 0.4) is 0 Å². The van der Waals surface area contributed by atoms with Gasteiger partial charge in [0.1, 0.15) is 5.76 Å². The average molecular weight is 281 g/mol. The van der Waals surface area contributed by atoms with Crippen LogP contribution in [0.1, 0.15) is 21.8 Å². The molecule has 2 N–H and O–H groups in total. The molecule has 0 spiro atoms. The predicted molar refractivity (Wildman–Crippen MR) is 62.0 cm³/mol. The number of nitrogens with zero attached hydrogens (tertiary/aromatic N) is 1. The van der Waals surface area contributed by atoms with Crippen molar-refractivity contribution in [3.63, 3.8) is 0 Å². The van der Waals surface area contributed by atoms with Crippen molar-refractivity contribution >= 4 is 21.8 Å². The van der Waals surface area contributed by atoms with Gasteiger partial charge in [-0.2, -0.15) is 0 Å². The number of carbonyl (C=O) groups excluding carboxylic acids is 1. The van der Waals surface area contributed by atoms with E-state index < -0.39 is 5.91 Å². The molecular weight excluding hydrogens is 272 g/mol. The second-order valence-electron chi connectivity index (χ2n) is 3.35. The molecule has 4 nitrogen and oxygen atoms in total. The first-order chi connectivity index (χ1) is 7.65. The van der Waals surface area contributed by atoms with Crippen LogP contribution in [-0.2, 0) is 6.42 Å². The van der Waals surface area contributed by atoms with Gasteiger partial charge < -0.3 is 10.3 Å². The predicted octanol–water partition coefficient (Wildman–Crippen LogP) is 2.13. The van der Waals surface area contributed by atoms with Gasteiger partial charge >= 0.3 is 0 Å². The summed E-state index contributed by atoms with van der Waals surface area (Å²) in [7, 11) is 0. The van der Waals surface area contributed by atoms with Crippen LogP contribution in [0.4, 0.5) is 0 Å². The lowest BCUT2D eigenvalue weighted by molar-refractivity contribution is 0.0991. The van der Waals surface area contributed by atoms with Gasteiger partial charge in [-0.25, -0.2) is 0 Å². The number of hydrogen-bond acceptors (Lipinski definition) is 3. The van der Waals surface area contributed by atoms with Crippen LogP contribution in [0, 0.1) is 0 Å². The van der Waals surface area contributed by atoms with Crippen LogP contribution < -0.4 is 5.73 Å². The summed E-state index contributed by atoms with van der Waals surface area (Å²) in [6.45, 7) is 0. The van der Waals surface area contributed by atoms with Crippen LogP contribution in [0.15, 0.2) is 39.3 Å². The molecule has 0 saturated heterocycles. The lowest BCUT2D eigenvalue weighted by Crippen LogP contribution is -2.10. The fourth-order valence-corrected chi connectivity index (χ4v) is 1.58. The van der Waals surface area contributed by atoms with Crippen LogP contribution in [-0.4, -0.2) is 11.1 Å². The van der Waals surface area contributed by atoms with Crippen molar-refractivity contribution in [1.29, 1.82) is 0 Å². The van der Waals surface area contributed by atoms with Gasteiger partial charge in [0.05, 0.1) is 0 Å². The molecule has 0 radical (unpaired) electrons. The van der Waals surface area contributed by atoms with Gasteiger partial charge in [0.2, 0.25) is 0 Å². The summed E-state index contributed by atoms with van der Waals surface area (Å²) in [4.78, 5) is 10.8. The van der Waals surface area contributed by atoms with Gasteiger partial charge in [-0.1, -0.05) is 33.2 Å². The van der Waals surface area contributed by atoms with E-state index in [1.807, 2.05) is 24.3 Å². The molecule has 2 aromatic rings. The number of hydrogen-bond donors (Lipinski definition) is 1. The molecule has 0 bridgehead atoms. The topological polar surface area (TPSA) is 69.1 Å². The Bertz CT molecular complexity index is 505. The van der Waals surface area contributed by atoms with Crippen LogP contribution >= 0.6 is 15.9 Å². The molecule has 5 heteroatoms. The molecule has 1 heterocycles. The van der Waals surface area contributed by atoms with E-state index >= 15 is 0 Å². The Morgan fingerprint density at radius 1 is 1.38 bits per heavy atom. The molecule has 2 rings (SSSR count). The molecule has 1 aromatic carbocycles. The highest BCUT2D eigenvalue weighted by Crippen LogP contribution is 2.14. The number of nitrogens with two attached hydrogens (primary N) is 1. The van der Waals surface area contributed by atoms with Crippen LogP contribution in [0.25, 0.3) is 0 Å². The molecule has 0 fully saturated rings. The van der Waals surface area contributed by atoms with E-state index in [1.54, 1.807) is 6.07 Å². The molecule has 0 atom stereocenters. The molecule has 0 aliphatic heterocycles. The Balaban J connectivity index is 2.14. The first-order valence-corrected chi connectivity index (χ1v) is 5.44. The van der Waals surface area contributed by atoms with Gasteiger partial charge in [-0.05, 0) is 17.7 Å². The highest BCUT2D eigenvalue weighted by atomic mass is 79.9. The monoisotopic (exact) mass is 280 g/mol. The maximum Gasteiger partial charge on any atom is 0.270 e. The zero-order valence-corrected chi connectivity index (χ0v) is 9.90. The Labute approximate surface area is 101 Å². The number of benzene rings is 1. The first-order valence-electron chi connectivity index (χ1n) is 4.65. The largest absolute Gasteiger partial charge is 0.364 e. The molecule has 16 heavy (non-hydrogen) atoms. The second kappa shape index (κ2) is 4.49. The number of aromatic nitrogens is 1. The summed E-state index contributed by atoms with van der Waals surface area (Å²) >= 11 is 3.36. The summed E-state index contributed by atoms with van der Waals surface area (Å²) in [5.41, 5.74) is 6.31. The Kier molecular flexibility index (Phi) is 3.05. The maximum absolute atomic E-state index is 10.8. The molecule has 0 unspecified atom stereocenters. The summed E-state index contributed by atoms with van der Waals surface area (Å²) in [6.07, 6.45) is 0.591. The SMILES string of the molecule is NC(=O)c1cc(Cc2ccc(Br)cc2)on1. The molecule has 0 saturated carbocycles. The number of primary amides is 1. The van der Waals surface area contributed by atoms with E-state index in [4.69, 9.17) is 10.3 Å². The third-order valence-electron chi connectivity index (χ3n) is 2.10. The minimum atomic E-state index is -0.578. The maximum atomic E-state index is 10.8. The second-order valence-corrected chi connectivity index (χ2v) is 4.26. The number of rotatable bonds is 3. The summed E-state index contributed by atoms with van der Waals surface area (Å²) in [5.74, 6) is 0.0435. The Morgan fingerprint density at radius 2 is 2.06 bits per heavy atom. The van der Waals surface area contributed by atoms with E-state index in [2.05, 4.69) is 21.1 Å². The van der Waals surface area contributed by atoms with Crippen molar-refractivity contribution in [2.24, 2.45) is 5.73 Å². The van der Waals surface area contributed by atoms with E-state index in [0.29, 0.717) is 12.2 Å². The van der Waals surface area contributed by atoms with Gasteiger partial charge in [0.15, 0.2) is 5.69 Å². The molecule has 82 valence electrons. The minimum absolute atomic E-state index is 0.159. The summed E-state index contributed by atoms with van der Waals surface area (Å²) in [6, 6.07) is 9.39. The highest BCUT2D eigenvalue weighted by Gasteiger charge is 2.09. The fraction of sp³-hybridized carbons (Fsp3) is 0.0909. The number of halogens is 1. The van der Waals surface area contributed by atoms with Crippen molar-refractivity contribution in [3.8, 4) is 0 Å². The van der Waals surface area contributed by atoms with Crippen molar-refractivity contribution in [2.75, 3.05) is 0 Å².